The third-order valence-corrected chi connectivity index (χ3v) is 3.92. The van der Waals surface area contributed by atoms with Crippen LogP contribution in [0.1, 0.15) is 34.1 Å². The average molecular weight is 240 g/mol. The van der Waals surface area contributed by atoms with Crippen molar-refractivity contribution in [3.8, 4) is 0 Å². The van der Waals surface area contributed by atoms with Gasteiger partial charge in [0.1, 0.15) is 0 Å². The number of rotatable bonds is 5. The Morgan fingerprint density at radius 2 is 1.76 bits per heavy atom. The van der Waals surface area contributed by atoms with E-state index >= 15 is 0 Å². The van der Waals surface area contributed by atoms with E-state index < -0.39 is 0 Å². The SMILES string of the molecule is CC(C)N1CCN(CCC(C)(C)C(=N)N)CC1. The molecular formula is C13H28N4. The van der Waals surface area contributed by atoms with Crippen molar-refractivity contribution < 1.29 is 0 Å². The first-order chi connectivity index (χ1) is 7.83. The van der Waals surface area contributed by atoms with Gasteiger partial charge in [-0.3, -0.25) is 10.3 Å². The van der Waals surface area contributed by atoms with E-state index in [9.17, 15) is 0 Å². The molecule has 1 rings (SSSR count). The molecule has 1 saturated heterocycles. The Labute approximate surface area is 106 Å². The van der Waals surface area contributed by atoms with Gasteiger partial charge in [0.2, 0.25) is 0 Å². The highest BCUT2D eigenvalue weighted by Crippen LogP contribution is 2.20. The zero-order valence-electron chi connectivity index (χ0n) is 11.8. The summed E-state index contributed by atoms with van der Waals surface area (Å²) in [5.41, 5.74) is 5.45. The van der Waals surface area contributed by atoms with E-state index in [4.69, 9.17) is 11.1 Å². The smallest absolute Gasteiger partial charge is 0.0963 e. The van der Waals surface area contributed by atoms with Gasteiger partial charge in [-0.15, -0.1) is 0 Å². The number of nitrogens with two attached hydrogens (primary N) is 1. The predicted molar refractivity (Wildman–Crippen MR) is 73.5 cm³/mol. The Morgan fingerprint density at radius 1 is 1.24 bits per heavy atom. The number of piperazine rings is 1. The van der Waals surface area contributed by atoms with Gasteiger partial charge in [-0.1, -0.05) is 13.8 Å². The van der Waals surface area contributed by atoms with Crippen LogP contribution < -0.4 is 5.73 Å². The van der Waals surface area contributed by atoms with Crippen molar-refractivity contribution in [2.75, 3.05) is 32.7 Å². The fourth-order valence-electron chi connectivity index (χ4n) is 2.08. The number of nitrogens with one attached hydrogen (secondary N) is 1. The van der Waals surface area contributed by atoms with Gasteiger partial charge >= 0.3 is 0 Å². The fraction of sp³-hybridized carbons (Fsp3) is 0.923. The Bertz CT molecular complexity index is 252. The number of nitrogens with zero attached hydrogens (tertiary/aromatic N) is 2. The van der Waals surface area contributed by atoms with Crippen LogP contribution in [0.2, 0.25) is 0 Å². The van der Waals surface area contributed by atoms with Crippen molar-refractivity contribution >= 4 is 5.84 Å². The van der Waals surface area contributed by atoms with Crippen molar-refractivity contribution in [1.82, 2.24) is 9.80 Å². The van der Waals surface area contributed by atoms with Crippen LogP contribution in [0.4, 0.5) is 0 Å². The van der Waals surface area contributed by atoms with Crippen LogP contribution >= 0.6 is 0 Å². The minimum absolute atomic E-state index is 0.158. The van der Waals surface area contributed by atoms with Crippen molar-refractivity contribution in [1.29, 1.82) is 5.41 Å². The highest BCUT2D eigenvalue weighted by atomic mass is 15.3. The highest BCUT2D eigenvalue weighted by molar-refractivity contribution is 5.82. The first-order valence-electron chi connectivity index (χ1n) is 6.64. The van der Waals surface area contributed by atoms with E-state index in [1.165, 1.54) is 0 Å². The lowest BCUT2D eigenvalue weighted by atomic mass is 9.88. The van der Waals surface area contributed by atoms with E-state index in [2.05, 4.69) is 37.5 Å². The summed E-state index contributed by atoms with van der Waals surface area (Å²) in [6, 6.07) is 0.658. The van der Waals surface area contributed by atoms with Gasteiger partial charge in [-0.05, 0) is 26.8 Å². The van der Waals surface area contributed by atoms with Gasteiger partial charge in [0.15, 0.2) is 0 Å². The van der Waals surface area contributed by atoms with Crippen molar-refractivity contribution in [3.63, 3.8) is 0 Å². The Kier molecular flexibility index (Phi) is 4.95. The minimum Gasteiger partial charge on any atom is -0.387 e. The highest BCUT2D eigenvalue weighted by Gasteiger charge is 2.24. The summed E-state index contributed by atoms with van der Waals surface area (Å²) in [7, 11) is 0. The summed E-state index contributed by atoms with van der Waals surface area (Å²) in [6.45, 7) is 14.3. The van der Waals surface area contributed by atoms with Crippen LogP contribution in [0, 0.1) is 10.8 Å². The summed E-state index contributed by atoms with van der Waals surface area (Å²) in [5, 5.41) is 7.55. The molecule has 0 saturated carbocycles. The van der Waals surface area contributed by atoms with Crippen molar-refractivity contribution in [2.24, 2.45) is 11.1 Å². The summed E-state index contributed by atoms with van der Waals surface area (Å²) >= 11 is 0. The van der Waals surface area contributed by atoms with Gasteiger partial charge in [0.05, 0.1) is 5.84 Å². The second-order valence-electron chi connectivity index (χ2n) is 6.02. The molecule has 4 heteroatoms. The lowest BCUT2D eigenvalue weighted by Crippen LogP contribution is -2.49. The van der Waals surface area contributed by atoms with Gasteiger partial charge < -0.3 is 10.6 Å². The largest absolute Gasteiger partial charge is 0.387 e. The Hall–Kier alpha value is -0.610. The Balaban J connectivity index is 2.29. The van der Waals surface area contributed by atoms with E-state index in [1.807, 2.05) is 0 Å². The van der Waals surface area contributed by atoms with Crippen LogP contribution in [0.3, 0.4) is 0 Å². The molecule has 17 heavy (non-hydrogen) atoms. The van der Waals surface area contributed by atoms with Gasteiger partial charge in [-0.2, -0.15) is 0 Å². The third kappa shape index (κ3) is 4.28. The molecule has 0 radical (unpaired) electrons. The van der Waals surface area contributed by atoms with Crippen LogP contribution in [0.25, 0.3) is 0 Å². The molecule has 0 bridgehead atoms. The second kappa shape index (κ2) is 5.83. The number of amidine groups is 1. The third-order valence-electron chi connectivity index (χ3n) is 3.92. The molecule has 100 valence electrons. The van der Waals surface area contributed by atoms with E-state index in [1.54, 1.807) is 0 Å². The standard InChI is InChI=1S/C13H28N4/c1-11(2)17-9-7-16(8-10-17)6-5-13(3,4)12(14)15/h11H,5-10H2,1-4H3,(H3,14,15). The monoisotopic (exact) mass is 240 g/mol. The molecule has 1 aliphatic rings. The second-order valence-corrected chi connectivity index (χ2v) is 6.02. The van der Waals surface area contributed by atoms with Crippen molar-refractivity contribution in [2.45, 2.75) is 40.2 Å². The summed E-state index contributed by atoms with van der Waals surface area (Å²) < 4.78 is 0. The maximum absolute atomic E-state index is 7.55. The molecule has 4 nitrogen and oxygen atoms in total. The molecular weight excluding hydrogens is 212 g/mol. The van der Waals surface area contributed by atoms with Crippen LogP contribution in [-0.4, -0.2) is 54.4 Å². The molecule has 0 aromatic rings. The fourth-order valence-corrected chi connectivity index (χ4v) is 2.08. The normalized spacial score (nSPS) is 19.8. The first-order valence-corrected chi connectivity index (χ1v) is 6.64. The molecule has 0 unspecified atom stereocenters. The van der Waals surface area contributed by atoms with E-state index in [-0.39, 0.29) is 5.41 Å². The quantitative estimate of drug-likeness (QED) is 0.563. The maximum atomic E-state index is 7.55. The van der Waals surface area contributed by atoms with Gasteiger partial charge in [0, 0.05) is 37.6 Å². The summed E-state index contributed by atoms with van der Waals surface area (Å²) in [4.78, 5) is 5.01. The molecule has 0 aliphatic carbocycles. The molecule has 3 N–H and O–H groups in total. The van der Waals surface area contributed by atoms with Crippen LogP contribution in [0.5, 0.6) is 0 Å². The van der Waals surface area contributed by atoms with Crippen LogP contribution in [-0.2, 0) is 0 Å². The zero-order valence-corrected chi connectivity index (χ0v) is 11.8. The molecule has 1 aliphatic heterocycles. The van der Waals surface area contributed by atoms with Crippen LogP contribution in [0.15, 0.2) is 0 Å². The molecule has 0 aromatic heterocycles. The maximum Gasteiger partial charge on any atom is 0.0963 e. The van der Waals surface area contributed by atoms with Crippen molar-refractivity contribution in [3.05, 3.63) is 0 Å². The molecule has 0 aromatic carbocycles. The Morgan fingerprint density at radius 3 is 2.18 bits per heavy atom. The molecule has 0 spiro atoms. The molecule has 1 fully saturated rings. The summed E-state index contributed by atoms with van der Waals surface area (Å²) in [5.74, 6) is 0.304. The van der Waals surface area contributed by atoms with Gasteiger partial charge in [0.25, 0.3) is 0 Å². The first kappa shape index (κ1) is 14.5. The lowest BCUT2D eigenvalue weighted by molar-refractivity contribution is 0.103. The minimum atomic E-state index is -0.158. The average Bonchev–Trinajstić information content (AvgIpc) is 2.27. The molecule has 0 atom stereocenters. The number of hydrogen-bond acceptors (Lipinski definition) is 3. The summed E-state index contributed by atoms with van der Waals surface area (Å²) in [6.07, 6.45) is 0.976. The van der Waals surface area contributed by atoms with Gasteiger partial charge in [-0.25, -0.2) is 0 Å². The zero-order chi connectivity index (χ0) is 13.1. The predicted octanol–water partition coefficient (Wildman–Crippen LogP) is 1.36. The topological polar surface area (TPSA) is 56.4 Å². The molecule has 1 heterocycles. The van der Waals surface area contributed by atoms with E-state index in [0.29, 0.717) is 11.9 Å². The van der Waals surface area contributed by atoms with E-state index in [0.717, 1.165) is 39.1 Å². The molecule has 0 amide bonds. The lowest BCUT2D eigenvalue weighted by Gasteiger charge is -2.38. The number of hydrogen-bond donors (Lipinski definition) is 2.